The SMILES string of the molecule is COc1ccc(NC(=O)COc2c(Cl)cc(/C=N\NC(=O)c3ccc(-c4csc(Nc5ccc(Cl)cc5)n4)cc3)cc2OC)cc1. The van der Waals surface area contributed by atoms with Crippen molar-refractivity contribution in [3.05, 3.63) is 111 Å². The van der Waals surface area contributed by atoms with Gasteiger partial charge in [0.15, 0.2) is 23.2 Å². The molecule has 2 amide bonds. The molecular weight excluding hydrogens is 649 g/mol. The summed E-state index contributed by atoms with van der Waals surface area (Å²) in [6.45, 7) is -0.297. The van der Waals surface area contributed by atoms with E-state index in [9.17, 15) is 9.59 Å². The van der Waals surface area contributed by atoms with E-state index in [0.29, 0.717) is 33.3 Å². The zero-order valence-electron chi connectivity index (χ0n) is 24.5. The number of methoxy groups -OCH3 is 2. The van der Waals surface area contributed by atoms with Gasteiger partial charge in [0.05, 0.1) is 31.2 Å². The number of nitrogens with zero attached hydrogens (tertiary/aromatic N) is 2. The lowest BCUT2D eigenvalue weighted by molar-refractivity contribution is -0.118. The molecule has 0 radical (unpaired) electrons. The van der Waals surface area contributed by atoms with Crippen molar-refractivity contribution in [2.45, 2.75) is 0 Å². The molecule has 0 aliphatic heterocycles. The predicted molar refractivity (Wildman–Crippen MR) is 182 cm³/mol. The largest absolute Gasteiger partial charge is 0.497 e. The second-order valence-corrected chi connectivity index (χ2v) is 11.2. The van der Waals surface area contributed by atoms with Gasteiger partial charge in [-0.1, -0.05) is 35.3 Å². The van der Waals surface area contributed by atoms with E-state index >= 15 is 0 Å². The van der Waals surface area contributed by atoms with Gasteiger partial charge in [-0.25, -0.2) is 10.4 Å². The van der Waals surface area contributed by atoms with Crippen molar-refractivity contribution in [2.24, 2.45) is 5.10 Å². The lowest BCUT2D eigenvalue weighted by Gasteiger charge is -2.13. The third-order valence-electron chi connectivity index (χ3n) is 6.40. The Morgan fingerprint density at radius 1 is 0.913 bits per heavy atom. The highest BCUT2D eigenvalue weighted by atomic mass is 35.5. The molecule has 0 saturated heterocycles. The molecule has 0 bridgehead atoms. The van der Waals surface area contributed by atoms with Crippen LogP contribution in [0.4, 0.5) is 16.5 Å². The summed E-state index contributed by atoms with van der Waals surface area (Å²) in [4.78, 5) is 29.7. The van der Waals surface area contributed by atoms with Gasteiger partial charge in [-0.2, -0.15) is 5.10 Å². The quantitative estimate of drug-likeness (QED) is 0.0916. The molecule has 4 aromatic carbocycles. The summed E-state index contributed by atoms with van der Waals surface area (Å²) in [6.07, 6.45) is 1.42. The number of hydrazone groups is 1. The number of carbonyl (C=O) groups is 2. The molecule has 0 atom stereocenters. The second kappa shape index (κ2) is 15.3. The van der Waals surface area contributed by atoms with E-state index < -0.39 is 5.91 Å². The van der Waals surface area contributed by atoms with Crippen molar-refractivity contribution >= 4 is 69.1 Å². The molecule has 13 heteroatoms. The van der Waals surface area contributed by atoms with Gasteiger partial charge in [0.2, 0.25) is 0 Å². The first-order valence-corrected chi connectivity index (χ1v) is 15.3. The van der Waals surface area contributed by atoms with Crippen LogP contribution in [0, 0.1) is 0 Å². The Kier molecular flexibility index (Phi) is 10.7. The number of halogens is 2. The number of thiazole rings is 1. The molecule has 0 aliphatic carbocycles. The lowest BCUT2D eigenvalue weighted by atomic mass is 10.1. The van der Waals surface area contributed by atoms with Crippen molar-refractivity contribution < 1.29 is 23.8 Å². The molecule has 3 N–H and O–H groups in total. The van der Waals surface area contributed by atoms with Gasteiger partial charge in [0, 0.05) is 32.9 Å². The summed E-state index contributed by atoms with van der Waals surface area (Å²) < 4.78 is 16.2. The van der Waals surface area contributed by atoms with E-state index in [2.05, 4.69) is 26.1 Å². The van der Waals surface area contributed by atoms with Gasteiger partial charge in [-0.3, -0.25) is 9.59 Å². The Labute approximate surface area is 278 Å². The van der Waals surface area contributed by atoms with Crippen molar-refractivity contribution in [2.75, 3.05) is 31.5 Å². The molecule has 0 fully saturated rings. The van der Waals surface area contributed by atoms with Crippen LogP contribution in [0.2, 0.25) is 10.0 Å². The van der Waals surface area contributed by atoms with Gasteiger partial charge in [-0.15, -0.1) is 11.3 Å². The lowest BCUT2D eigenvalue weighted by Crippen LogP contribution is -2.20. The molecule has 5 aromatic rings. The first-order valence-electron chi connectivity index (χ1n) is 13.7. The minimum absolute atomic E-state index is 0.198. The topological polar surface area (TPSA) is 123 Å². The molecule has 46 heavy (non-hydrogen) atoms. The summed E-state index contributed by atoms with van der Waals surface area (Å²) in [6, 6.07) is 24.5. The van der Waals surface area contributed by atoms with Crippen molar-refractivity contribution in [1.82, 2.24) is 10.4 Å². The molecule has 5 rings (SSSR count). The number of amides is 2. The number of rotatable bonds is 12. The molecule has 10 nitrogen and oxygen atoms in total. The Morgan fingerprint density at radius 2 is 1.63 bits per heavy atom. The van der Waals surface area contributed by atoms with Gasteiger partial charge < -0.3 is 24.8 Å². The molecule has 1 heterocycles. The fraction of sp³-hybridized carbons (Fsp3) is 0.0909. The van der Waals surface area contributed by atoms with Crippen LogP contribution < -0.4 is 30.3 Å². The van der Waals surface area contributed by atoms with Crippen LogP contribution in [0.3, 0.4) is 0 Å². The number of benzene rings is 4. The monoisotopic (exact) mass is 675 g/mol. The smallest absolute Gasteiger partial charge is 0.271 e. The van der Waals surface area contributed by atoms with Crippen LogP contribution in [0.1, 0.15) is 15.9 Å². The first kappa shape index (κ1) is 32.3. The van der Waals surface area contributed by atoms with Crippen LogP contribution >= 0.6 is 34.5 Å². The number of anilines is 3. The average Bonchev–Trinajstić information content (AvgIpc) is 3.54. The average molecular weight is 677 g/mol. The van der Waals surface area contributed by atoms with Crippen molar-refractivity contribution in [3.63, 3.8) is 0 Å². The summed E-state index contributed by atoms with van der Waals surface area (Å²) in [5, 5.41) is 13.6. The van der Waals surface area contributed by atoms with Crippen LogP contribution in [-0.4, -0.2) is 43.8 Å². The molecule has 0 saturated carbocycles. The van der Waals surface area contributed by atoms with E-state index in [-0.39, 0.29) is 23.3 Å². The summed E-state index contributed by atoms with van der Waals surface area (Å²) in [7, 11) is 3.01. The van der Waals surface area contributed by atoms with Crippen LogP contribution in [0.15, 0.2) is 95.4 Å². The van der Waals surface area contributed by atoms with Gasteiger partial charge >= 0.3 is 0 Å². The maximum absolute atomic E-state index is 12.7. The fourth-order valence-corrected chi connectivity index (χ4v) is 5.25. The predicted octanol–water partition coefficient (Wildman–Crippen LogP) is 7.66. The number of hydrogen-bond acceptors (Lipinski definition) is 9. The third-order valence-corrected chi connectivity index (χ3v) is 7.69. The highest BCUT2D eigenvalue weighted by Gasteiger charge is 2.14. The Hall–Kier alpha value is -5.10. The van der Waals surface area contributed by atoms with E-state index in [1.54, 1.807) is 67.8 Å². The zero-order valence-corrected chi connectivity index (χ0v) is 26.9. The molecule has 0 unspecified atom stereocenters. The molecule has 0 spiro atoms. The van der Waals surface area contributed by atoms with Gasteiger partial charge in [0.25, 0.3) is 11.8 Å². The highest BCUT2D eigenvalue weighted by molar-refractivity contribution is 7.14. The normalized spacial score (nSPS) is 10.8. The van der Waals surface area contributed by atoms with E-state index in [4.69, 9.17) is 37.4 Å². The summed E-state index contributed by atoms with van der Waals surface area (Å²) in [5.74, 6) is 0.387. The van der Waals surface area contributed by atoms with Crippen molar-refractivity contribution in [1.29, 1.82) is 0 Å². The number of ether oxygens (including phenoxy) is 3. The summed E-state index contributed by atoms with van der Waals surface area (Å²) >= 11 is 13.8. The third kappa shape index (κ3) is 8.54. The highest BCUT2D eigenvalue weighted by Crippen LogP contribution is 2.36. The number of carbonyl (C=O) groups excluding carboxylic acids is 2. The molecule has 0 aliphatic rings. The maximum atomic E-state index is 12.7. The second-order valence-electron chi connectivity index (χ2n) is 9.55. The first-order chi connectivity index (χ1) is 22.3. The number of hydrogen-bond donors (Lipinski definition) is 3. The number of nitrogens with one attached hydrogen (secondary N) is 3. The van der Waals surface area contributed by atoms with E-state index in [0.717, 1.165) is 22.1 Å². The summed E-state index contributed by atoms with van der Waals surface area (Å²) in [5.41, 5.74) is 6.58. The van der Waals surface area contributed by atoms with Crippen molar-refractivity contribution in [3.8, 4) is 28.5 Å². The molecule has 234 valence electrons. The molecular formula is C33H27Cl2N5O5S. The minimum atomic E-state index is -0.396. The van der Waals surface area contributed by atoms with Crippen LogP contribution in [-0.2, 0) is 4.79 Å². The Bertz CT molecular complexity index is 1850. The van der Waals surface area contributed by atoms with Gasteiger partial charge in [-0.05, 0) is 78.4 Å². The van der Waals surface area contributed by atoms with E-state index in [1.165, 1.54) is 24.7 Å². The van der Waals surface area contributed by atoms with Crippen LogP contribution in [0.5, 0.6) is 17.2 Å². The van der Waals surface area contributed by atoms with E-state index in [1.807, 2.05) is 29.6 Å². The van der Waals surface area contributed by atoms with Crippen LogP contribution in [0.25, 0.3) is 11.3 Å². The standard InChI is InChI=1S/C33H27Cl2N5O5S/c1-43-26-13-11-24(12-14-26)37-30(41)18-45-31-27(35)15-20(16-29(31)44-2)17-36-40-32(42)22-5-3-21(4-6-22)28-19-46-33(39-28)38-25-9-7-23(34)8-10-25/h3-17,19H,18H2,1-2H3,(H,37,41)(H,38,39)(H,40,42)/b36-17-. The minimum Gasteiger partial charge on any atom is -0.497 e. The molecule has 1 aromatic heterocycles. The Balaban J connectivity index is 1.15. The number of aromatic nitrogens is 1. The van der Waals surface area contributed by atoms with Gasteiger partial charge in [0.1, 0.15) is 5.75 Å². The fourth-order valence-electron chi connectivity index (χ4n) is 4.11. The zero-order chi connectivity index (χ0) is 32.5. The maximum Gasteiger partial charge on any atom is 0.271 e. The Morgan fingerprint density at radius 3 is 2.33 bits per heavy atom.